The number of carbonyl (C=O) groups is 8. The first-order valence-corrected chi connectivity index (χ1v) is 29.8. The number of carboxylic acid groups (broad SMARTS) is 1. The first-order chi connectivity index (χ1) is 37.3. The largest absolute Gasteiger partial charge is 0.481 e. The van der Waals surface area contributed by atoms with Crippen LogP contribution in [0.25, 0.3) is 0 Å². The van der Waals surface area contributed by atoms with Crippen LogP contribution in [0.5, 0.6) is 5.75 Å². The van der Waals surface area contributed by atoms with Crippen molar-refractivity contribution in [3.63, 3.8) is 0 Å². The summed E-state index contributed by atoms with van der Waals surface area (Å²) in [7, 11) is 4.28. The van der Waals surface area contributed by atoms with Crippen LogP contribution >= 0.6 is 0 Å². The van der Waals surface area contributed by atoms with Crippen molar-refractivity contribution in [1.29, 1.82) is 0 Å². The molecular weight excluding hydrogens is 1040 g/mol. The fraction of sp³-hybridized carbons (Fsp3) is 0.750. The molecule has 1 aliphatic carbocycles. The zero-order valence-electron chi connectivity index (χ0n) is 48.8. The molecule has 0 bridgehead atoms. The van der Waals surface area contributed by atoms with Gasteiger partial charge < -0.3 is 50.0 Å². The standard InChI is InChI=1S/C56H92N8O14S/c1-13-36(6)49(62(10)54(70)47(34(2)3)59-53(69)48(35(4)5)61(8)9)44(76-11)33-46(66)64-29-17-18-43(64)50(77-12)37(7)51(67)58-42(52(68)60-79(74,75)41-24-25-41)32-38-20-22-40(23-21-38)78-56(73)57-28-16-14-15-19-45(65)63-30-26-39(27-31-63)55(71)72/h20-23,34-37,39,41-44,47-50H,13-19,24-33H2,1-12H3,(H,57,73)(H,58,67)(H,59,69)(H,60,68)(H,71,72). The van der Waals surface area contributed by atoms with Crippen LogP contribution in [0.15, 0.2) is 24.3 Å². The molecule has 0 spiro atoms. The molecule has 22 nitrogen and oxygen atoms in total. The van der Waals surface area contributed by atoms with Crippen molar-refractivity contribution in [2.45, 2.75) is 180 Å². The molecule has 2 aliphatic heterocycles. The Bertz CT molecular complexity index is 2320. The Hall–Kier alpha value is -5.39. The summed E-state index contributed by atoms with van der Waals surface area (Å²) in [5.74, 6) is -4.70. The molecule has 2 saturated heterocycles. The van der Waals surface area contributed by atoms with E-state index >= 15 is 0 Å². The lowest BCUT2D eigenvalue weighted by molar-refractivity contribution is -0.148. The van der Waals surface area contributed by atoms with Gasteiger partial charge in [0.2, 0.25) is 39.6 Å². The van der Waals surface area contributed by atoms with Gasteiger partial charge in [-0.2, -0.15) is 0 Å². The van der Waals surface area contributed by atoms with E-state index in [4.69, 9.17) is 14.2 Å². The average Bonchev–Trinajstić information content (AvgIpc) is 4.18. The number of methoxy groups -OCH3 is 2. The molecule has 7 amide bonds. The fourth-order valence-electron chi connectivity index (χ4n) is 11.0. The summed E-state index contributed by atoms with van der Waals surface area (Å²) in [4.78, 5) is 114. The predicted molar refractivity (Wildman–Crippen MR) is 297 cm³/mol. The Morgan fingerprint density at radius 2 is 1.42 bits per heavy atom. The SMILES string of the molecule is CCC(C)C(C(CC(=O)N1CCCC1C(OC)C(C)C(=O)NC(Cc1ccc(OC(=O)NCCCCCC(=O)N2CCC(C(=O)O)CC2)cc1)C(=O)NS(=O)(=O)C1CC1)OC)N(C)C(=O)C(NC(=O)C(C(C)C)N(C)C)C(C)C. The average molecular weight is 1130 g/mol. The first kappa shape index (κ1) is 66.1. The number of piperidine rings is 1. The Kier molecular flexibility index (Phi) is 25.9. The molecule has 3 aliphatic rings. The minimum atomic E-state index is -4.00. The number of amides is 7. The summed E-state index contributed by atoms with van der Waals surface area (Å²) >= 11 is 0. The number of aliphatic carboxylic acids is 1. The molecule has 79 heavy (non-hydrogen) atoms. The summed E-state index contributed by atoms with van der Waals surface area (Å²) in [6, 6.07) is 2.45. The number of ether oxygens (including phenoxy) is 3. The van der Waals surface area contributed by atoms with Crippen LogP contribution < -0.4 is 25.4 Å². The van der Waals surface area contributed by atoms with E-state index in [0.717, 1.165) is 0 Å². The normalized spacial score (nSPS) is 19.2. The van der Waals surface area contributed by atoms with Crippen molar-refractivity contribution < 1.29 is 66.1 Å². The summed E-state index contributed by atoms with van der Waals surface area (Å²) in [6.45, 7) is 14.8. The minimum absolute atomic E-state index is 0.00450. The van der Waals surface area contributed by atoms with Gasteiger partial charge in [0.25, 0.3) is 5.91 Å². The highest BCUT2D eigenvalue weighted by Gasteiger charge is 2.44. The third kappa shape index (κ3) is 19.1. The second-order valence-corrected chi connectivity index (χ2v) is 24.7. The van der Waals surface area contributed by atoms with Gasteiger partial charge in [0.15, 0.2) is 0 Å². The second kappa shape index (κ2) is 31.0. The number of unbranched alkanes of at least 4 members (excludes halogenated alkanes) is 2. The van der Waals surface area contributed by atoms with Crippen LogP contribution in [0.1, 0.15) is 131 Å². The first-order valence-electron chi connectivity index (χ1n) is 28.3. The lowest BCUT2D eigenvalue weighted by Crippen LogP contribution is -2.59. The molecule has 1 saturated carbocycles. The summed E-state index contributed by atoms with van der Waals surface area (Å²) in [5, 5.41) is 17.0. The van der Waals surface area contributed by atoms with E-state index in [1.54, 1.807) is 40.8 Å². The molecule has 9 unspecified atom stereocenters. The van der Waals surface area contributed by atoms with Crippen molar-refractivity contribution in [2.75, 3.05) is 61.5 Å². The number of nitrogens with one attached hydrogen (secondary N) is 4. The number of benzene rings is 1. The predicted octanol–water partition coefficient (Wildman–Crippen LogP) is 3.94. The summed E-state index contributed by atoms with van der Waals surface area (Å²) in [6.07, 6.45) is 3.24. The van der Waals surface area contributed by atoms with E-state index in [2.05, 4.69) is 20.7 Å². The lowest BCUT2D eigenvalue weighted by atomic mass is 9.89. The minimum Gasteiger partial charge on any atom is -0.481 e. The molecule has 23 heteroatoms. The monoisotopic (exact) mass is 1130 g/mol. The zero-order chi connectivity index (χ0) is 58.9. The molecule has 3 fully saturated rings. The van der Waals surface area contributed by atoms with Crippen molar-refractivity contribution in [3.8, 4) is 5.75 Å². The Labute approximate surface area is 468 Å². The molecule has 5 N–H and O–H groups in total. The van der Waals surface area contributed by atoms with E-state index < -0.39 is 93.4 Å². The van der Waals surface area contributed by atoms with Gasteiger partial charge in [-0.1, -0.05) is 73.4 Å². The van der Waals surface area contributed by atoms with Gasteiger partial charge in [0.05, 0.1) is 53.8 Å². The van der Waals surface area contributed by atoms with Gasteiger partial charge in [-0.05, 0) is 101 Å². The molecule has 4 rings (SSSR count). The van der Waals surface area contributed by atoms with E-state index in [9.17, 15) is 51.9 Å². The van der Waals surface area contributed by atoms with Gasteiger partial charge >= 0.3 is 12.1 Å². The van der Waals surface area contributed by atoms with Crippen LogP contribution in [0, 0.1) is 29.6 Å². The number of carbonyl (C=O) groups excluding carboxylic acids is 7. The van der Waals surface area contributed by atoms with Gasteiger partial charge in [0.1, 0.15) is 17.8 Å². The number of likely N-dealkylation sites (tertiary alicyclic amines) is 2. The van der Waals surface area contributed by atoms with Crippen LogP contribution in [-0.4, -0.2) is 190 Å². The molecule has 0 aromatic heterocycles. The van der Waals surface area contributed by atoms with Crippen LogP contribution in [0.3, 0.4) is 0 Å². The smallest absolute Gasteiger partial charge is 0.412 e. The zero-order valence-corrected chi connectivity index (χ0v) is 49.6. The number of hydrogen-bond donors (Lipinski definition) is 5. The molecule has 1 aromatic carbocycles. The molecule has 446 valence electrons. The van der Waals surface area contributed by atoms with E-state index in [-0.39, 0.29) is 60.0 Å². The highest BCUT2D eigenvalue weighted by Crippen LogP contribution is 2.31. The maximum Gasteiger partial charge on any atom is 0.412 e. The maximum atomic E-state index is 14.5. The Morgan fingerprint density at radius 3 is 1.96 bits per heavy atom. The van der Waals surface area contributed by atoms with E-state index in [1.807, 2.05) is 60.5 Å². The van der Waals surface area contributed by atoms with Crippen LogP contribution in [0.4, 0.5) is 4.79 Å². The third-order valence-corrected chi connectivity index (χ3v) is 17.7. The second-order valence-electron chi connectivity index (χ2n) is 22.7. The quantitative estimate of drug-likeness (QED) is 0.0659. The van der Waals surface area contributed by atoms with Crippen molar-refractivity contribution in [3.05, 3.63) is 29.8 Å². The summed E-state index contributed by atoms with van der Waals surface area (Å²) in [5.41, 5.74) is 0.519. The van der Waals surface area contributed by atoms with Crippen molar-refractivity contribution in [1.82, 2.24) is 40.3 Å². The van der Waals surface area contributed by atoms with E-state index in [0.29, 0.717) is 102 Å². The number of sulfonamides is 1. The number of rotatable bonds is 31. The molecular formula is C56H92N8O14S. The molecule has 2 heterocycles. The van der Waals surface area contributed by atoms with E-state index in [1.165, 1.54) is 26.4 Å². The highest BCUT2D eigenvalue weighted by molar-refractivity contribution is 7.90. The molecule has 0 radical (unpaired) electrons. The third-order valence-electron chi connectivity index (χ3n) is 15.9. The van der Waals surface area contributed by atoms with Crippen LogP contribution in [-0.2, 0) is 59.5 Å². The highest BCUT2D eigenvalue weighted by atomic mass is 32.2. The number of carboxylic acids is 1. The van der Waals surface area contributed by atoms with Gasteiger partial charge in [-0.15, -0.1) is 0 Å². The lowest BCUT2D eigenvalue weighted by Gasteiger charge is -2.41. The molecule has 9 atom stereocenters. The number of hydrogen-bond acceptors (Lipinski definition) is 14. The fourth-order valence-corrected chi connectivity index (χ4v) is 12.3. The van der Waals surface area contributed by atoms with Gasteiger partial charge in [-0.3, -0.25) is 43.2 Å². The van der Waals surface area contributed by atoms with Gasteiger partial charge in [0, 0.05) is 60.3 Å². The maximum absolute atomic E-state index is 14.5. The van der Waals surface area contributed by atoms with Crippen molar-refractivity contribution in [2.24, 2.45) is 29.6 Å². The summed E-state index contributed by atoms with van der Waals surface area (Å²) < 4.78 is 45.6. The van der Waals surface area contributed by atoms with Crippen LogP contribution in [0.2, 0.25) is 0 Å². The Morgan fingerprint density at radius 1 is 0.772 bits per heavy atom. The van der Waals surface area contributed by atoms with Crippen molar-refractivity contribution >= 4 is 57.5 Å². The molecule has 1 aromatic rings. The number of nitrogens with zero attached hydrogens (tertiary/aromatic N) is 4. The van der Waals surface area contributed by atoms with Gasteiger partial charge in [-0.25, -0.2) is 13.2 Å². The number of likely N-dealkylation sites (N-methyl/N-ethyl adjacent to an activating group) is 2. The topological polar surface area (TPSA) is 280 Å². The Balaban J connectivity index is 1.39.